The summed E-state index contributed by atoms with van der Waals surface area (Å²) in [6, 6.07) is 7.33. The minimum Gasteiger partial charge on any atom is -0.461 e. The Kier molecular flexibility index (Phi) is 3.29. The number of para-hydroxylation sites is 1. The Morgan fingerprint density at radius 1 is 1.32 bits per heavy atom. The molecule has 0 fully saturated rings. The molecular weight excluding hydrogens is 244 g/mol. The normalized spacial score (nSPS) is 20.6. The van der Waals surface area contributed by atoms with Crippen LogP contribution in [0.4, 0.5) is 5.69 Å². The average Bonchev–Trinajstić information content (AvgIpc) is 2.37. The van der Waals surface area contributed by atoms with Crippen LogP contribution >= 0.6 is 0 Å². The Morgan fingerprint density at radius 3 is 2.63 bits per heavy atom. The van der Waals surface area contributed by atoms with Gasteiger partial charge in [0.1, 0.15) is 0 Å². The number of esters is 1. The summed E-state index contributed by atoms with van der Waals surface area (Å²) in [6.07, 6.45) is 2.82. The molecule has 2 rings (SSSR count). The molecule has 0 saturated carbocycles. The number of hydrogen-bond donors (Lipinski definition) is 2. The van der Waals surface area contributed by atoms with Crippen LogP contribution < -0.4 is 11.1 Å². The van der Waals surface area contributed by atoms with Gasteiger partial charge < -0.3 is 15.8 Å². The lowest BCUT2D eigenvalue weighted by molar-refractivity contribution is -0.153. The number of ether oxygens (including phenoxy) is 1. The Hall–Kier alpha value is -2.30. The van der Waals surface area contributed by atoms with Gasteiger partial charge in [-0.05, 0) is 31.6 Å². The van der Waals surface area contributed by atoms with E-state index in [0.717, 1.165) is 5.56 Å². The maximum Gasteiger partial charge on any atom is 0.346 e. The van der Waals surface area contributed by atoms with E-state index in [1.807, 2.05) is 18.2 Å². The Morgan fingerprint density at radius 2 is 2.00 bits per heavy atom. The monoisotopic (exact) mass is 260 g/mol. The van der Waals surface area contributed by atoms with Crippen LogP contribution in [0.5, 0.6) is 0 Å². The summed E-state index contributed by atoms with van der Waals surface area (Å²) >= 11 is 0. The van der Waals surface area contributed by atoms with Crippen molar-refractivity contribution < 1.29 is 14.3 Å². The number of hydrogen-bond acceptors (Lipinski definition) is 4. The van der Waals surface area contributed by atoms with E-state index in [9.17, 15) is 9.59 Å². The van der Waals surface area contributed by atoms with Gasteiger partial charge in [0, 0.05) is 5.69 Å². The first-order valence-corrected chi connectivity index (χ1v) is 6.03. The van der Waals surface area contributed by atoms with E-state index in [1.165, 1.54) is 6.08 Å². The van der Waals surface area contributed by atoms with Crippen LogP contribution in [0.15, 0.2) is 30.3 Å². The van der Waals surface area contributed by atoms with E-state index in [-0.39, 0.29) is 6.10 Å². The number of fused-ring (bicyclic) bond motifs is 1. The third kappa shape index (κ3) is 2.31. The van der Waals surface area contributed by atoms with Crippen LogP contribution in [0.25, 0.3) is 6.08 Å². The fraction of sp³-hybridized carbons (Fsp3) is 0.286. The summed E-state index contributed by atoms with van der Waals surface area (Å²) in [4.78, 5) is 23.9. The topological polar surface area (TPSA) is 81.4 Å². The molecule has 1 aliphatic rings. The number of carbonyl (C=O) groups excluding carboxylic acids is 2. The SMILES string of the molecule is CC(C)OC(=O)C1(C(N)=O)C=Cc2ccccc2N1. The molecule has 0 saturated heterocycles. The molecule has 1 unspecified atom stereocenters. The summed E-state index contributed by atoms with van der Waals surface area (Å²) < 4.78 is 5.12. The van der Waals surface area contributed by atoms with Crippen molar-refractivity contribution in [2.75, 3.05) is 5.32 Å². The summed E-state index contributed by atoms with van der Waals surface area (Å²) in [5, 5.41) is 2.88. The molecule has 19 heavy (non-hydrogen) atoms. The zero-order valence-corrected chi connectivity index (χ0v) is 10.8. The molecule has 0 bridgehead atoms. The highest BCUT2D eigenvalue weighted by Crippen LogP contribution is 2.29. The Bertz CT molecular complexity index is 551. The van der Waals surface area contributed by atoms with Crippen molar-refractivity contribution in [1.82, 2.24) is 0 Å². The molecule has 0 aliphatic carbocycles. The number of rotatable bonds is 3. The first-order chi connectivity index (χ1) is 8.95. The number of amides is 1. The zero-order chi connectivity index (χ0) is 14.0. The minimum absolute atomic E-state index is 0.323. The lowest BCUT2D eigenvalue weighted by atomic mass is 9.92. The fourth-order valence-electron chi connectivity index (χ4n) is 1.90. The van der Waals surface area contributed by atoms with Gasteiger partial charge in [0.15, 0.2) is 0 Å². The van der Waals surface area contributed by atoms with Gasteiger partial charge in [-0.2, -0.15) is 0 Å². The maximum atomic E-state index is 12.1. The van der Waals surface area contributed by atoms with Crippen molar-refractivity contribution >= 4 is 23.6 Å². The van der Waals surface area contributed by atoms with Crippen LogP contribution in [0.2, 0.25) is 0 Å². The molecule has 1 atom stereocenters. The van der Waals surface area contributed by atoms with Gasteiger partial charge in [0.05, 0.1) is 6.10 Å². The Balaban J connectivity index is 2.40. The molecule has 1 amide bonds. The maximum absolute atomic E-state index is 12.1. The van der Waals surface area contributed by atoms with Crippen LogP contribution in [-0.2, 0) is 14.3 Å². The summed E-state index contributed by atoms with van der Waals surface area (Å²) in [5.74, 6) is -1.48. The molecule has 1 aromatic carbocycles. The number of nitrogens with one attached hydrogen (secondary N) is 1. The van der Waals surface area contributed by atoms with E-state index < -0.39 is 17.4 Å². The highest BCUT2D eigenvalue weighted by Gasteiger charge is 2.46. The second-order valence-corrected chi connectivity index (χ2v) is 4.67. The largest absolute Gasteiger partial charge is 0.461 e. The van der Waals surface area contributed by atoms with E-state index in [1.54, 1.807) is 26.0 Å². The van der Waals surface area contributed by atoms with Gasteiger partial charge in [-0.3, -0.25) is 4.79 Å². The van der Waals surface area contributed by atoms with Crippen LogP contribution in [0.3, 0.4) is 0 Å². The quantitative estimate of drug-likeness (QED) is 0.634. The molecule has 1 heterocycles. The standard InChI is InChI=1S/C14H16N2O3/c1-9(2)19-13(18)14(12(15)17)8-7-10-5-3-4-6-11(10)16-14/h3-9,16H,1-2H3,(H2,15,17). The highest BCUT2D eigenvalue weighted by atomic mass is 16.5. The van der Waals surface area contributed by atoms with Gasteiger partial charge in [0.2, 0.25) is 5.54 Å². The van der Waals surface area contributed by atoms with E-state index >= 15 is 0 Å². The highest BCUT2D eigenvalue weighted by molar-refractivity contribution is 6.13. The number of benzene rings is 1. The van der Waals surface area contributed by atoms with Crippen molar-refractivity contribution in [1.29, 1.82) is 0 Å². The zero-order valence-electron chi connectivity index (χ0n) is 10.8. The van der Waals surface area contributed by atoms with E-state index in [4.69, 9.17) is 10.5 Å². The van der Waals surface area contributed by atoms with E-state index in [0.29, 0.717) is 5.69 Å². The second kappa shape index (κ2) is 4.76. The predicted octanol–water partition coefficient (Wildman–Crippen LogP) is 1.30. The van der Waals surface area contributed by atoms with E-state index in [2.05, 4.69) is 5.32 Å². The van der Waals surface area contributed by atoms with Gasteiger partial charge in [-0.15, -0.1) is 0 Å². The second-order valence-electron chi connectivity index (χ2n) is 4.67. The molecule has 5 nitrogen and oxygen atoms in total. The molecule has 3 N–H and O–H groups in total. The summed E-state index contributed by atoms with van der Waals surface area (Å²) in [6.45, 7) is 3.43. The van der Waals surface area contributed by atoms with Crippen molar-refractivity contribution in [2.45, 2.75) is 25.5 Å². The first-order valence-electron chi connectivity index (χ1n) is 6.03. The van der Waals surface area contributed by atoms with Crippen LogP contribution in [0, 0.1) is 0 Å². The lowest BCUT2D eigenvalue weighted by Crippen LogP contribution is -2.57. The van der Waals surface area contributed by atoms with Crippen molar-refractivity contribution in [3.63, 3.8) is 0 Å². The number of nitrogens with two attached hydrogens (primary N) is 1. The number of carbonyl (C=O) groups is 2. The average molecular weight is 260 g/mol. The molecule has 5 heteroatoms. The van der Waals surface area contributed by atoms with Crippen LogP contribution in [0.1, 0.15) is 19.4 Å². The number of primary amides is 1. The molecule has 0 aromatic heterocycles. The molecule has 0 spiro atoms. The summed E-state index contributed by atoms with van der Waals surface area (Å²) in [5.41, 5.74) is 5.30. The van der Waals surface area contributed by atoms with Crippen molar-refractivity contribution in [3.8, 4) is 0 Å². The fourth-order valence-corrected chi connectivity index (χ4v) is 1.90. The summed E-state index contributed by atoms with van der Waals surface area (Å²) in [7, 11) is 0. The van der Waals surface area contributed by atoms with Crippen molar-refractivity contribution in [3.05, 3.63) is 35.9 Å². The third-order valence-electron chi connectivity index (χ3n) is 2.86. The first kappa shape index (κ1) is 13.1. The van der Waals surface area contributed by atoms with Crippen LogP contribution in [-0.4, -0.2) is 23.5 Å². The van der Waals surface area contributed by atoms with Gasteiger partial charge in [0.25, 0.3) is 5.91 Å². The van der Waals surface area contributed by atoms with Crippen molar-refractivity contribution in [2.24, 2.45) is 5.73 Å². The Labute approximate surface area is 111 Å². The minimum atomic E-state index is -1.64. The molecular formula is C14H16N2O3. The van der Waals surface area contributed by atoms with Gasteiger partial charge in [-0.25, -0.2) is 4.79 Å². The third-order valence-corrected chi connectivity index (χ3v) is 2.86. The molecule has 1 aromatic rings. The number of anilines is 1. The van der Waals surface area contributed by atoms with Gasteiger partial charge in [-0.1, -0.05) is 24.3 Å². The lowest BCUT2D eigenvalue weighted by Gasteiger charge is -2.31. The predicted molar refractivity (Wildman–Crippen MR) is 72.3 cm³/mol. The van der Waals surface area contributed by atoms with Gasteiger partial charge >= 0.3 is 5.97 Å². The molecule has 100 valence electrons. The smallest absolute Gasteiger partial charge is 0.346 e. The molecule has 0 radical (unpaired) electrons. The molecule has 1 aliphatic heterocycles.